The topological polar surface area (TPSA) is 119 Å². The molecule has 0 spiro atoms. The summed E-state index contributed by atoms with van der Waals surface area (Å²) < 4.78 is 40.8. The molecular weight excluding hydrogens is 665 g/mol. The quantitative estimate of drug-likeness (QED) is 0.200. The van der Waals surface area contributed by atoms with Crippen LogP contribution in [0.1, 0.15) is 66.5 Å². The van der Waals surface area contributed by atoms with E-state index in [2.05, 4.69) is 19.9 Å². The van der Waals surface area contributed by atoms with Crippen molar-refractivity contribution in [2.75, 3.05) is 0 Å². The molecule has 0 unspecified atom stereocenters. The summed E-state index contributed by atoms with van der Waals surface area (Å²) in [6.45, 7) is 14.9. The Morgan fingerprint density at radius 2 is 1.20 bits per heavy atom. The predicted molar refractivity (Wildman–Crippen MR) is 189 cm³/mol. The van der Waals surface area contributed by atoms with Gasteiger partial charge in [0.1, 0.15) is 28.1 Å². The number of hydrogen-bond donors (Lipinski definition) is 2. The first-order chi connectivity index (χ1) is 23.2. The second-order valence-corrected chi connectivity index (χ2v) is 14.5. The number of rotatable bonds is 4. The molecule has 1 aliphatic rings. The van der Waals surface area contributed by atoms with Gasteiger partial charge >= 0.3 is 7.12 Å². The lowest BCUT2D eigenvalue weighted by atomic mass is 9.78. The van der Waals surface area contributed by atoms with Gasteiger partial charge in [-0.2, -0.15) is 0 Å². The van der Waals surface area contributed by atoms with Crippen molar-refractivity contribution in [1.82, 2.24) is 28.7 Å². The molecule has 10 nitrogen and oxygen atoms in total. The highest BCUT2D eigenvalue weighted by Gasteiger charge is 2.52. The minimum Gasteiger partial charge on any atom is -0.399 e. The van der Waals surface area contributed by atoms with Crippen LogP contribution in [0.4, 0.5) is 8.78 Å². The van der Waals surface area contributed by atoms with Crippen LogP contribution in [0.2, 0.25) is 5.15 Å². The number of halogens is 3. The number of fused-ring (bicyclic) bond motifs is 2. The number of nitrogens with zero attached hydrogens (tertiary/aromatic N) is 6. The average molecular weight is 705 g/mol. The van der Waals surface area contributed by atoms with Crippen molar-refractivity contribution in [1.29, 1.82) is 0 Å². The van der Waals surface area contributed by atoms with Gasteiger partial charge in [0.2, 0.25) is 0 Å². The van der Waals surface area contributed by atoms with Crippen LogP contribution >= 0.6 is 11.6 Å². The van der Waals surface area contributed by atoms with E-state index in [1.165, 1.54) is 28.9 Å². The lowest BCUT2D eigenvalue weighted by Crippen LogP contribution is -2.41. The third-order valence-corrected chi connectivity index (χ3v) is 8.71. The Kier molecular flexibility index (Phi) is 10.2. The summed E-state index contributed by atoms with van der Waals surface area (Å²) in [5.41, 5.74) is 2.44. The Hall–Kier alpha value is -4.27. The van der Waals surface area contributed by atoms with Gasteiger partial charge in [-0.25, -0.2) is 18.7 Å². The normalized spacial score (nSPS) is 15.4. The summed E-state index contributed by atoms with van der Waals surface area (Å²) in [5, 5.41) is 20.4. The number of pyridine rings is 4. The molecule has 0 aromatic carbocycles. The van der Waals surface area contributed by atoms with E-state index >= 15 is 0 Å². The Morgan fingerprint density at radius 3 is 1.76 bits per heavy atom. The first-order valence-electron chi connectivity index (χ1n) is 15.9. The fraction of sp³-hybridized carbons (Fsp3) is 0.333. The molecule has 1 aliphatic heterocycles. The van der Waals surface area contributed by atoms with E-state index in [-0.39, 0.29) is 22.8 Å². The first-order valence-corrected chi connectivity index (χ1v) is 16.3. The summed E-state index contributed by atoms with van der Waals surface area (Å²) >= 11 is 5.58. The molecule has 0 bridgehead atoms. The van der Waals surface area contributed by atoms with Gasteiger partial charge in [0, 0.05) is 71.7 Å². The molecule has 0 atom stereocenters. The third kappa shape index (κ3) is 8.54. The van der Waals surface area contributed by atoms with E-state index in [0.29, 0.717) is 27.7 Å². The van der Waals surface area contributed by atoms with Crippen molar-refractivity contribution >= 4 is 35.5 Å². The van der Waals surface area contributed by atoms with Gasteiger partial charge in [-0.1, -0.05) is 17.7 Å². The average Bonchev–Trinajstić information content (AvgIpc) is 3.68. The number of hydrogen-bond acceptors (Lipinski definition) is 8. The lowest BCUT2D eigenvalue weighted by Gasteiger charge is -2.32. The van der Waals surface area contributed by atoms with E-state index in [1.807, 2.05) is 39.8 Å². The summed E-state index contributed by atoms with van der Waals surface area (Å²) in [7, 11) is -0.445. The van der Waals surface area contributed by atoms with Gasteiger partial charge < -0.3 is 28.3 Å². The highest BCUT2D eigenvalue weighted by Crippen LogP contribution is 2.36. The highest BCUT2D eigenvalue weighted by molar-refractivity contribution is 6.62. The van der Waals surface area contributed by atoms with Crippen LogP contribution < -0.4 is 5.46 Å². The van der Waals surface area contributed by atoms with Crippen molar-refractivity contribution < 1.29 is 28.3 Å². The second-order valence-electron chi connectivity index (χ2n) is 14.1. The Balaban J connectivity index is 0.000000152. The maximum atomic E-state index is 13.2. The zero-order valence-corrected chi connectivity index (χ0v) is 29.9. The van der Waals surface area contributed by atoms with Crippen molar-refractivity contribution in [2.45, 2.75) is 77.8 Å². The summed E-state index contributed by atoms with van der Waals surface area (Å²) in [6, 6.07) is 9.63. The summed E-state index contributed by atoms with van der Waals surface area (Å²) in [5.74, 6) is -0.614. The zero-order valence-electron chi connectivity index (χ0n) is 29.2. The largest absolute Gasteiger partial charge is 0.496 e. The van der Waals surface area contributed by atoms with E-state index in [0.717, 1.165) is 16.6 Å². The van der Waals surface area contributed by atoms with Crippen molar-refractivity contribution in [3.63, 3.8) is 0 Å². The smallest absolute Gasteiger partial charge is 0.399 e. The molecule has 0 radical (unpaired) electrons. The molecule has 0 amide bonds. The molecule has 6 aromatic rings. The fourth-order valence-corrected chi connectivity index (χ4v) is 5.04. The molecule has 1 saturated heterocycles. The molecular formula is C36H40BClF2N6O4. The van der Waals surface area contributed by atoms with Crippen molar-refractivity contribution in [3.8, 4) is 11.3 Å². The monoisotopic (exact) mass is 704 g/mol. The van der Waals surface area contributed by atoms with Gasteiger partial charge in [-0.15, -0.1) is 0 Å². The lowest BCUT2D eigenvalue weighted by molar-refractivity contribution is 0.00578. The molecule has 0 saturated carbocycles. The van der Waals surface area contributed by atoms with Gasteiger partial charge in [-0.05, 0) is 85.7 Å². The molecule has 2 N–H and O–H groups in total. The minimum absolute atomic E-state index is 0.299. The summed E-state index contributed by atoms with van der Waals surface area (Å²) in [6.07, 6.45) is 12.7. The molecule has 14 heteroatoms. The first kappa shape index (κ1) is 37.0. The maximum Gasteiger partial charge on any atom is 0.496 e. The Bertz CT molecular complexity index is 2110. The van der Waals surface area contributed by atoms with Crippen molar-refractivity contribution in [2.24, 2.45) is 0 Å². The third-order valence-electron chi connectivity index (χ3n) is 8.53. The number of imidazole rings is 2. The van der Waals surface area contributed by atoms with Crippen LogP contribution in [-0.2, 0) is 20.5 Å². The molecule has 0 aliphatic carbocycles. The molecule has 7 heterocycles. The molecule has 1 fully saturated rings. The van der Waals surface area contributed by atoms with Crippen LogP contribution in [0.15, 0.2) is 86.0 Å². The predicted octanol–water partition coefficient (Wildman–Crippen LogP) is 6.50. The number of aromatic nitrogens is 6. The second kappa shape index (κ2) is 13.8. The summed E-state index contributed by atoms with van der Waals surface area (Å²) in [4.78, 5) is 16.6. The fourth-order valence-electron chi connectivity index (χ4n) is 4.85. The minimum atomic E-state index is -0.964. The van der Waals surface area contributed by atoms with E-state index < -0.39 is 18.3 Å². The zero-order chi connectivity index (χ0) is 36.6. The maximum absolute atomic E-state index is 13.2. The van der Waals surface area contributed by atoms with Crippen LogP contribution in [-0.4, -0.2) is 57.3 Å². The van der Waals surface area contributed by atoms with E-state index in [4.69, 9.17) is 20.9 Å². The van der Waals surface area contributed by atoms with Gasteiger partial charge in [-0.3, -0.25) is 9.97 Å². The van der Waals surface area contributed by atoms with Crippen LogP contribution in [0.25, 0.3) is 22.6 Å². The Morgan fingerprint density at radius 1 is 0.700 bits per heavy atom. The highest BCUT2D eigenvalue weighted by atomic mass is 35.5. The molecule has 7 rings (SSSR count). The van der Waals surface area contributed by atoms with E-state index in [1.54, 1.807) is 81.4 Å². The standard InChI is InChI=1S/C15H14FN3O.C14H22BNO3.C7H4ClFN2/c1-15(2,20)11-5-10(6-17-7-11)13-9-19-8-12(16)3-4-14(19)18-13;1-12(2,17)10-7-11(9-16-8-10)15-18-13(3,4)14(5,6)19-15;8-6-4-11-3-5(9)1-2-7(11)10-6/h3-9,20H,1-2H3;7-9,17H,1-6H3;1-4H. The van der Waals surface area contributed by atoms with Gasteiger partial charge in [0.05, 0.1) is 28.1 Å². The van der Waals surface area contributed by atoms with Gasteiger partial charge in [0.25, 0.3) is 0 Å². The van der Waals surface area contributed by atoms with Crippen LogP contribution in [0.5, 0.6) is 0 Å². The van der Waals surface area contributed by atoms with E-state index in [9.17, 15) is 19.0 Å². The van der Waals surface area contributed by atoms with Crippen molar-refractivity contribution in [3.05, 3.63) is 114 Å². The SMILES string of the molecule is CC(C)(O)c1cncc(-c2cn3cc(F)ccc3n2)c1.CC(C)(O)c1cncc(B2OC(C)(C)C(C)(C)O2)c1.Fc1ccc2nc(Cl)cn2c1. The molecule has 6 aromatic heterocycles. The van der Waals surface area contributed by atoms with Crippen LogP contribution in [0, 0.1) is 11.6 Å². The Labute approximate surface area is 294 Å². The number of aliphatic hydroxyl groups is 2. The van der Waals surface area contributed by atoms with Crippen LogP contribution in [0.3, 0.4) is 0 Å². The van der Waals surface area contributed by atoms with Gasteiger partial charge in [0.15, 0.2) is 0 Å². The molecule has 262 valence electrons. The molecule has 50 heavy (non-hydrogen) atoms.